The van der Waals surface area contributed by atoms with Crippen LogP contribution in [0.1, 0.15) is 22.3 Å². The normalized spacial score (nSPS) is 16.8. The lowest BCUT2D eigenvalue weighted by molar-refractivity contribution is -0.255. The number of para-hydroxylation sites is 1. The summed E-state index contributed by atoms with van der Waals surface area (Å²) in [5.74, 6) is -2.23. The maximum Gasteiger partial charge on any atom is 0.247 e. The summed E-state index contributed by atoms with van der Waals surface area (Å²) in [5.41, 5.74) is 0.449. The van der Waals surface area contributed by atoms with Crippen molar-refractivity contribution >= 4 is 35.2 Å². The summed E-state index contributed by atoms with van der Waals surface area (Å²) in [6, 6.07) is 14.5. The third kappa shape index (κ3) is 3.12. The van der Waals surface area contributed by atoms with E-state index < -0.39 is 23.0 Å². The zero-order valence-electron chi connectivity index (χ0n) is 12.8. The molecule has 7 heteroatoms. The van der Waals surface area contributed by atoms with E-state index in [2.05, 4.69) is 0 Å². The molecule has 0 bridgehead atoms. The average molecular weight is 351 g/mol. The van der Waals surface area contributed by atoms with Crippen molar-refractivity contribution in [1.29, 1.82) is 5.26 Å². The van der Waals surface area contributed by atoms with Crippen LogP contribution < -0.4 is 10.0 Å². The minimum Gasteiger partial charge on any atom is -0.545 e. The van der Waals surface area contributed by atoms with E-state index in [-0.39, 0.29) is 23.2 Å². The third-order valence-electron chi connectivity index (χ3n) is 3.75. The van der Waals surface area contributed by atoms with Crippen molar-refractivity contribution in [2.45, 2.75) is 16.6 Å². The number of aromatic carboxylic acids is 1. The van der Waals surface area contributed by atoms with E-state index in [1.807, 2.05) is 6.07 Å². The minimum absolute atomic E-state index is 0.0244. The molecule has 1 aliphatic heterocycles. The molecule has 2 aromatic rings. The van der Waals surface area contributed by atoms with Crippen LogP contribution in [0.25, 0.3) is 0 Å². The van der Waals surface area contributed by atoms with Crippen LogP contribution in [0.2, 0.25) is 0 Å². The molecule has 1 saturated heterocycles. The molecular formula is C18H11N2O4S-. The zero-order valence-corrected chi connectivity index (χ0v) is 13.7. The molecule has 0 spiro atoms. The van der Waals surface area contributed by atoms with Crippen molar-refractivity contribution in [3.8, 4) is 6.07 Å². The summed E-state index contributed by atoms with van der Waals surface area (Å²) in [7, 11) is 0. The van der Waals surface area contributed by atoms with Crippen LogP contribution in [0.15, 0.2) is 53.4 Å². The Morgan fingerprint density at radius 2 is 1.84 bits per heavy atom. The summed E-state index contributed by atoms with van der Waals surface area (Å²) in [6.45, 7) is 0. The molecule has 0 saturated carbocycles. The van der Waals surface area contributed by atoms with Crippen LogP contribution in [-0.4, -0.2) is 23.0 Å². The largest absolute Gasteiger partial charge is 0.545 e. The molecule has 0 radical (unpaired) electrons. The lowest BCUT2D eigenvalue weighted by Gasteiger charge is -2.17. The number of imide groups is 1. The van der Waals surface area contributed by atoms with Crippen molar-refractivity contribution in [3.05, 3.63) is 59.7 Å². The summed E-state index contributed by atoms with van der Waals surface area (Å²) < 4.78 is 0. The number of carbonyl (C=O) groups excluding carboxylic acids is 3. The van der Waals surface area contributed by atoms with Crippen LogP contribution in [0.4, 0.5) is 5.69 Å². The maximum atomic E-state index is 12.7. The second kappa shape index (κ2) is 6.79. The number of carbonyl (C=O) groups is 3. The molecule has 1 heterocycles. The number of hydrogen-bond acceptors (Lipinski definition) is 6. The van der Waals surface area contributed by atoms with E-state index in [1.165, 1.54) is 18.2 Å². The van der Waals surface area contributed by atoms with E-state index in [0.29, 0.717) is 4.90 Å². The number of hydrogen-bond donors (Lipinski definition) is 0. The Bertz CT molecular complexity index is 919. The van der Waals surface area contributed by atoms with Gasteiger partial charge in [0, 0.05) is 16.9 Å². The molecule has 0 aromatic heterocycles. The van der Waals surface area contributed by atoms with E-state index >= 15 is 0 Å². The highest BCUT2D eigenvalue weighted by molar-refractivity contribution is 8.00. The Hall–Kier alpha value is -3.11. The van der Waals surface area contributed by atoms with Gasteiger partial charge in [0.1, 0.15) is 6.07 Å². The molecule has 2 amide bonds. The first kappa shape index (κ1) is 16.7. The van der Waals surface area contributed by atoms with Crippen LogP contribution in [-0.2, 0) is 9.59 Å². The third-order valence-corrected chi connectivity index (χ3v) is 5.01. The Kier molecular flexibility index (Phi) is 4.55. The van der Waals surface area contributed by atoms with Gasteiger partial charge in [-0.25, -0.2) is 4.90 Å². The van der Waals surface area contributed by atoms with E-state index in [1.54, 1.807) is 30.3 Å². The molecule has 6 nitrogen and oxygen atoms in total. The second-order valence-corrected chi connectivity index (χ2v) is 6.54. The molecular weight excluding hydrogens is 340 g/mol. The van der Waals surface area contributed by atoms with Gasteiger partial charge in [-0.05, 0) is 18.2 Å². The van der Waals surface area contributed by atoms with Crippen molar-refractivity contribution in [3.63, 3.8) is 0 Å². The smallest absolute Gasteiger partial charge is 0.247 e. The second-order valence-electron chi connectivity index (χ2n) is 5.29. The maximum absolute atomic E-state index is 12.7. The van der Waals surface area contributed by atoms with E-state index in [9.17, 15) is 24.8 Å². The van der Waals surface area contributed by atoms with Gasteiger partial charge in [-0.1, -0.05) is 30.3 Å². The number of thioether (sulfide) groups is 1. The Morgan fingerprint density at radius 3 is 2.56 bits per heavy atom. The minimum atomic E-state index is -1.34. The molecule has 0 aliphatic carbocycles. The lowest BCUT2D eigenvalue weighted by atomic mass is 10.2. The monoisotopic (exact) mass is 351 g/mol. The molecule has 0 unspecified atom stereocenters. The number of benzene rings is 2. The fourth-order valence-electron chi connectivity index (χ4n) is 2.60. The lowest BCUT2D eigenvalue weighted by Crippen LogP contribution is -2.31. The Balaban J connectivity index is 1.90. The summed E-state index contributed by atoms with van der Waals surface area (Å²) in [5, 5.41) is 19.6. The van der Waals surface area contributed by atoms with Gasteiger partial charge in [0.25, 0.3) is 0 Å². The first-order valence-corrected chi connectivity index (χ1v) is 8.24. The fourth-order valence-corrected chi connectivity index (χ4v) is 3.78. The predicted molar refractivity (Wildman–Crippen MR) is 88.7 cm³/mol. The number of nitrogens with zero attached hydrogens (tertiary/aromatic N) is 2. The SMILES string of the molecule is N#Cc1ccccc1N1C(=O)C[C@H](Sc2ccccc2C(=O)[O-])C1=O. The molecule has 1 atom stereocenters. The van der Waals surface area contributed by atoms with Crippen molar-refractivity contribution in [1.82, 2.24) is 0 Å². The van der Waals surface area contributed by atoms with Crippen molar-refractivity contribution < 1.29 is 19.5 Å². The molecule has 124 valence electrons. The highest BCUT2D eigenvalue weighted by atomic mass is 32.2. The van der Waals surface area contributed by atoms with Gasteiger partial charge in [-0.15, -0.1) is 11.8 Å². The molecule has 25 heavy (non-hydrogen) atoms. The summed E-state index contributed by atoms with van der Waals surface area (Å²) >= 11 is 1.01. The number of carboxylic acids is 1. The van der Waals surface area contributed by atoms with E-state index in [0.717, 1.165) is 16.7 Å². The first-order valence-electron chi connectivity index (χ1n) is 7.36. The topological polar surface area (TPSA) is 101 Å². The highest BCUT2D eigenvalue weighted by Crippen LogP contribution is 2.36. The van der Waals surface area contributed by atoms with Crippen LogP contribution in [0, 0.1) is 11.3 Å². The zero-order chi connectivity index (χ0) is 18.0. The number of amides is 2. The predicted octanol–water partition coefficient (Wildman–Crippen LogP) is 1.35. The van der Waals surface area contributed by atoms with Gasteiger partial charge >= 0.3 is 0 Å². The molecule has 0 N–H and O–H groups in total. The van der Waals surface area contributed by atoms with Gasteiger partial charge in [-0.2, -0.15) is 5.26 Å². The fraction of sp³-hybridized carbons (Fsp3) is 0.111. The Labute approximate surface area is 147 Å². The molecule has 3 rings (SSSR count). The number of rotatable bonds is 4. The summed E-state index contributed by atoms with van der Waals surface area (Å²) in [4.78, 5) is 37.6. The molecule has 2 aromatic carbocycles. The highest BCUT2D eigenvalue weighted by Gasteiger charge is 2.41. The number of carboxylic acid groups (broad SMARTS) is 1. The average Bonchev–Trinajstić information content (AvgIpc) is 2.88. The van der Waals surface area contributed by atoms with Gasteiger partial charge in [-0.3, -0.25) is 9.59 Å². The van der Waals surface area contributed by atoms with Gasteiger partial charge in [0.15, 0.2) is 0 Å². The molecule has 1 fully saturated rings. The standard InChI is InChI=1S/C18H12N2O4S/c19-10-11-5-1-3-7-13(11)20-16(21)9-15(17(20)22)25-14-8-4-2-6-12(14)18(23)24/h1-8,15H,9H2,(H,23,24)/p-1/t15-/m0/s1. The quantitative estimate of drug-likeness (QED) is 0.771. The number of nitriles is 1. The Morgan fingerprint density at radius 1 is 1.16 bits per heavy atom. The van der Waals surface area contributed by atoms with Gasteiger partial charge in [0.2, 0.25) is 11.8 Å². The van der Waals surface area contributed by atoms with E-state index in [4.69, 9.17) is 0 Å². The van der Waals surface area contributed by atoms with Crippen molar-refractivity contribution in [2.75, 3.05) is 4.90 Å². The van der Waals surface area contributed by atoms with Gasteiger partial charge in [0.05, 0.1) is 22.5 Å². The van der Waals surface area contributed by atoms with Crippen LogP contribution >= 0.6 is 11.8 Å². The first-order chi connectivity index (χ1) is 12.0. The molecule has 1 aliphatic rings. The van der Waals surface area contributed by atoms with Crippen LogP contribution in [0.3, 0.4) is 0 Å². The summed E-state index contributed by atoms with van der Waals surface area (Å²) in [6.07, 6.45) is -0.0648. The van der Waals surface area contributed by atoms with Crippen LogP contribution in [0.5, 0.6) is 0 Å². The van der Waals surface area contributed by atoms with Gasteiger partial charge < -0.3 is 9.90 Å². The number of anilines is 1. The van der Waals surface area contributed by atoms with Crippen molar-refractivity contribution in [2.24, 2.45) is 0 Å².